The zero-order valence-electron chi connectivity index (χ0n) is 20.7. The minimum absolute atomic E-state index is 0.153. The van der Waals surface area contributed by atoms with E-state index in [0.717, 1.165) is 11.3 Å². The lowest BCUT2D eigenvalue weighted by atomic mass is 10.2. The highest BCUT2D eigenvalue weighted by Crippen LogP contribution is 2.27. The molecular weight excluding hydrogens is 492 g/mol. The SMILES string of the molecule is CCOc1ccccc1NC(=O)N1CCN(Cc2cc(=O)n3nc(-c4cccc(OC)c4)sc3n2)CC1. The Balaban J connectivity index is 1.22. The molecule has 0 unspecified atom stereocenters. The third kappa shape index (κ3) is 5.57. The normalized spacial score (nSPS) is 14.1. The standard InChI is InChI=1S/C26H28N6O4S/c1-3-36-22-10-5-4-9-21(22)28-25(34)31-13-11-30(12-14-31)17-19-16-23(33)32-26(27-19)37-24(29-32)18-7-6-8-20(15-18)35-2/h4-10,15-16H,3,11-14,17H2,1-2H3,(H,28,34). The predicted octanol–water partition coefficient (Wildman–Crippen LogP) is 3.58. The number of nitrogens with one attached hydrogen (secondary N) is 1. The number of rotatable bonds is 7. The zero-order chi connectivity index (χ0) is 25.8. The Morgan fingerprint density at radius 1 is 1.08 bits per heavy atom. The number of ether oxygens (including phenoxy) is 2. The number of para-hydroxylation sites is 2. The molecular formula is C26H28N6O4S. The van der Waals surface area contributed by atoms with E-state index in [-0.39, 0.29) is 11.6 Å². The van der Waals surface area contributed by atoms with Gasteiger partial charge < -0.3 is 19.7 Å². The maximum Gasteiger partial charge on any atom is 0.322 e. The monoisotopic (exact) mass is 520 g/mol. The molecule has 0 radical (unpaired) electrons. The van der Waals surface area contributed by atoms with Gasteiger partial charge in [-0.05, 0) is 31.2 Å². The van der Waals surface area contributed by atoms with Crippen LogP contribution in [0.3, 0.4) is 0 Å². The van der Waals surface area contributed by atoms with Crippen LogP contribution in [0.15, 0.2) is 59.4 Å². The Kier molecular flexibility index (Phi) is 7.33. The lowest BCUT2D eigenvalue weighted by Gasteiger charge is -2.34. The van der Waals surface area contributed by atoms with E-state index in [0.29, 0.717) is 66.4 Å². The van der Waals surface area contributed by atoms with Crippen molar-refractivity contribution in [3.63, 3.8) is 0 Å². The average Bonchev–Trinajstić information content (AvgIpc) is 3.35. The number of carbonyl (C=O) groups excluding carboxylic acids is 1. The summed E-state index contributed by atoms with van der Waals surface area (Å²) in [6.07, 6.45) is 0. The van der Waals surface area contributed by atoms with Crippen molar-refractivity contribution >= 4 is 28.0 Å². The summed E-state index contributed by atoms with van der Waals surface area (Å²) in [5, 5.41) is 8.11. The fourth-order valence-corrected chi connectivity index (χ4v) is 5.11. The van der Waals surface area contributed by atoms with Crippen molar-refractivity contribution in [2.24, 2.45) is 0 Å². The van der Waals surface area contributed by atoms with E-state index in [1.807, 2.05) is 55.5 Å². The minimum Gasteiger partial charge on any atom is -0.497 e. The van der Waals surface area contributed by atoms with Gasteiger partial charge in [-0.25, -0.2) is 9.78 Å². The summed E-state index contributed by atoms with van der Waals surface area (Å²) in [6.45, 7) is 5.47. The lowest BCUT2D eigenvalue weighted by molar-refractivity contribution is 0.142. The largest absolute Gasteiger partial charge is 0.497 e. The fourth-order valence-electron chi connectivity index (χ4n) is 4.19. The Morgan fingerprint density at radius 2 is 1.89 bits per heavy atom. The first-order valence-electron chi connectivity index (χ1n) is 12.1. The Hall–Kier alpha value is -3.96. The van der Waals surface area contributed by atoms with E-state index >= 15 is 0 Å². The van der Waals surface area contributed by atoms with Gasteiger partial charge in [-0.15, -0.1) is 0 Å². The second-order valence-corrected chi connectivity index (χ2v) is 9.50. The molecule has 2 amide bonds. The van der Waals surface area contributed by atoms with Crippen LogP contribution in [0.4, 0.5) is 10.5 Å². The van der Waals surface area contributed by atoms with Gasteiger partial charge in [-0.1, -0.05) is 35.6 Å². The molecule has 0 bridgehead atoms. The lowest BCUT2D eigenvalue weighted by Crippen LogP contribution is -2.49. The summed E-state index contributed by atoms with van der Waals surface area (Å²) in [7, 11) is 1.61. The van der Waals surface area contributed by atoms with Crippen molar-refractivity contribution in [3.8, 4) is 22.1 Å². The number of aromatic nitrogens is 3. The van der Waals surface area contributed by atoms with Crippen molar-refractivity contribution in [3.05, 3.63) is 70.6 Å². The van der Waals surface area contributed by atoms with Crippen molar-refractivity contribution in [1.82, 2.24) is 24.4 Å². The molecule has 192 valence electrons. The summed E-state index contributed by atoms with van der Waals surface area (Å²) in [5.41, 5.74) is 2.01. The van der Waals surface area contributed by atoms with Gasteiger partial charge in [0.1, 0.15) is 16.5 Å². The third-order valence-electron chi connectivity index (χ3n) is 6.09. The molecule has 0 saturated carbocycles. The van der Waals surface area contributed by atoms with Gasteiger partial charge in [0.25, 0.3) is 5.56 Å². The number of amides is 2. The number of methoxy groups -OCH3 is 1. The molecule has 10 nitrogen and oxygen atoms in total. The van der Waals surface area contributed by atoms with Gasteiger partial charge >= 0.3 is 6.03 Å². The number of fused-ring (bicyclic) bond motifs is 1. The number of benzene rings is 2. The highest BCUT2D eigenvalue weighted by atomic mass is 32.1. The van der Waals surface area contributed by atoms with E-state index in [1.165, 1.54) is 21.9 Å². The smallest absolute Gasteiger partial charge is 0.322 e. The number of carbonyl (C=O) groups is 1. The summed E-state index contributed by atoms with van der Waals surface area (Å²) in [4.78, 5) is 34.8. The Bertz CT molecular complexity index is 1460. The average molecular weight is 521 g/mol. The minimum atomic E-state index is -0.212. The third-order valence-corrected chi connectivity index (χ3v) is 7.05. The molecule has 1 N–H and O–H groups in total. The molecule has 1 saturated heterocycles. The van der Waals surface area contributed by atoms with E-state index in [4.69, 9.17) is 14.5 Å². The molecule has 5 rings (SSSR count). The van der Waals surface area contributed by atoms with Crippen LogP contribution in [0, 0.1) is 0 Å². The van der Waals surface area contributed by atoms with Crippen molar-refractivity contribution in [2.75, 3.05) is 45.2 Å². The molecule has 11 heteroatoms. The van der Waals surface area contributed by atoms with E-state index in [1.54, 1.807) is 12.0 Å². The first-order chi connectivity index (χ1) is 18.0. The van der Waals surface area contributed by atoms with E-state index < -0.39 is 0 Å². The van der Waals surface area contributed by atoms with Crippen molar-refractivity contribution in [1.29, 1.82) is 0 Å². The van der Waals surface area contributed by atoms with Crippen molar-refractivity contribution < 1.29 is 14.3 Å². The van der Waals surface area contributed by atoms with Crippen LogP contribution >= 0.6 is 11.3 Å². The maximum atomic E-state index is 12.8. The second kappa shape index (κ2) is 11.0. The van der Waals surface area contributed by atoms with E-state index in [9.17, 15) is 9.59 Å². The summed E-state index contributed by atoms with van der Waals surface area (Å²) >= 11 is 1.36. The number of anilines is 1. The number of hydrogen-bond acceptors (Lipinski definition) is 8. The molecule has 37 heavy (non-hydrogen) atoms. The Morgan fingerprint density at radius 3 is 2.68 bits per heavy atom. The first kappa shape index (κ1) is 24.7. The van der Waals surface area contributed by atoms with Gasteiger partial charge in [-0.3, -0.25) is 9.69 Å². The zero-order valence-corrected chi connectivity index (χ0v) is 21.5. The maximum absolute atomic E-state index is 12.8. The number of urea groups is 1. The van der Waals surface area contributed by atoms with Crippen LogP contribution in [-0.2, 0) is 6.54 Å². The fraction of sp³-hybridized carbons (Fsp3) is 0.308. The molecule has 3 heterocycles. The summed E-state index contributed by atoms with van der Waals surface area (Å²) in [6, 6.07) is 16.4. The van der Waals surface area contributed by atoms with Crippen LogP contribution in [0.1, 0.15) is 12.6 Å². The van der Waals surface area contributed by atoms with Gasteiger partial charge in [-0.2, -0.15) is 9.61 Å². The number of piperazine rings is 1. The van der Waals surface area contributed by atoms with Gasteiger partial charge in [0.05, 0.1) is 25.1 Å². The van der Waals surface area contributed by atoms with Crippen LogP contribution < -0.4 is 20.3 Å². The van der Waals surface area contributed by atoms with Crippen LogP contribution in [0.25, 0.3) is 15.5 Å². The van der Waals surface area contributed by atoms with Gasteiger partial charge in [0.2, 0.25) is 4.96 Å². The summed E-state index contributed by atoms with van der Waals surface area (Å²) < 4.78 is 12.2. The predicted molar refractivity (Wildman–Crippen MR) is 143 cm³/mol. The molecule has 1 fully saturated rings. The molecule has 0 spiro atoms. The number of hydrogen-bond donors (Lipinski definition) is 1. The first-order valence-corrected chi connectivity index (χ1v) is 12.9. The number of nitrogens with zero attached hydrogens (tertiary/aromatic N) is 5. The second-order valence-electron chi connectivity index (χ2n) is 8.54. The highest BCUT2D eigenvalue weighted by molar-refractivity contribution is 7.19. The molecule has 4 aromatic rings. The van der Waals surface area contributed by atoms with Crippen LogP contribution in [0.2, 0.25) is 0 Å². The molecule has 2 aromatic heterocycles. The topological polar surface area (TPSA) is 101 Å². The van der Waals surface area contributed by atoms with E-state index in [2.05, 4.69) is 15.3 Å². The molecule has 0 atom stereocenters. The quantitative estimate of drug-likeness (QED) is 0.398. The molecule has 1 aliphatic rings. The summed E-state index contributed by atoms with van der Waals surface area (Å²) in [5.74, 6) is 1.38. The van der Waals surface area contributed by atoms with Crippen LogP contribution in [-0.4, -0.2) is 70.3 Å². The molecule has 2 aromatic carbocycles. The highest BCUT2D eigenvalue weighted by Gasteiger charge is 2.23. The molecule has 0 aliphatic carbocycles. The van der Waals surface area contributed by atoms with Crippen LogP contribution in [0.5, 0.6) is 11.5 Å². The molecule has 1 aliphatic heterocycles. The van der Waals surface area contributed by atoms with Gasteiger partial charge in [0.15, 0.2) is 0 Å². The van der Waals surface area contributed by atoms with Crippen molar-refractivity contribution in [2.45, 2.75) is 13.5 Å². The van der Waals surface area contributed by atoms with Gasteiger partial charge in [0, 0.05) is 44.4 Å². The Labute approximate surface area is 218 Å².